The second kappa shape index (κ2) is 5.68. The highest BCUT2D eigenvalue weighted by Crippen LogP contribution is 2.25. The van der Waals surface area contributed by atoms with Gasteiger partial charge in [0, 0.05) is 24.3 Å². The number of alkyl halides is 3. The third-order valence-electron chi connectivity index (χ3n) is 2.82. The lowest BCUT2D eigenvalue weighted by atomic mass is 10.1. The third kappa shape index (κ3) is 4.10. The highest BCUT2D eigenvalue weighted by Gasteiger charge is 2.31. The van der Waals surface area contributed by atoms with Crippen LogP contribution in [0.15, 0.2) is 24.3 Å². The van der Waals surface area contributed by atoms with Gasteiger partial charge in [-0.3, -0.25) is 4.79 Å². The van der Waals surface area contributed by atoms with Crippen molar-refractivity contribution in [3.8, 4) is 5.75 Å². The fourth-order valence-corrected chi connectivity index (χ4v) is 1.96. The monoisotopic (exact) mass is 289 g/mol. The summed E-state index contributed by atoms with van der Waals surface area (Å²) in [6.07, 6.45) is -4.27. The Morgan fingerprint density at radius 3 is 2.80 bits per heavy atom. The molecule has 0 aromatic heterocycles. The van der Waals surface area contributed by atoms with Crippen LogP contribution in [0.5, 0.6) is 5.75 Å². The van der Waals surface area contributed by atoms with E-state index >= 15 is 0 Å². The number of halogens is 3. The van der Waals surface area contributed by atoms with Gasteiger partial charge in [-0.05, 0) is 18.6 Å². The van der Waals surface area contributed by atoms with Crippen molar-refractivity contribution >= 4 is 11.6 Å². The number of hydrogen-bond donors (Lipinski definition) is 3. The Morgan fingerprint density at radius 1 is 1.45 bits per heavy atom. The molecule has 8 heteroatoms. The fourth-order valence-electron chi connectivity index (χ4n) is 1.96. The van der Waals surface area contributed by atoms with Crippen molar-refractivity contribution in [1.82, 2.24) is 5.32 Å². The molecule has 0 saturated carbocycles. The fraction of sp³-hybridized carbons (Fsp3) is 0.417. The average Bonchev–Trinajstić information content (AvgIpc) is 2.74. The smallest absolute Gasteiger partial charge is 0.406 e. The van der Waals surface area contributed by atoms with E-state index < -0.39 is 12.4 Å². The van der Waals surface area contributed by atoms with E-state index in [4.69, 9.17) is 5.73 Å². The molecule has 0 bridgehead atoms. The number of amides is 1. The Balaban J connectivity index is 1.99. The zero-order valence-electron chi connectivity index (χ0n) is 10.4. The molecule has 2 atom stereocenters. The average molecular weight is 289 g/mol. The number of carbonyl (C=O) groups excluding carboxylic acids is 1. The van der Waals surface area contributed by atoms with Gasteiger partial charge in [0.1, 0.15) is 5.75 Å². The van der Waals surface area contributed by atoms with Gasteiger partial charge in [0.25, 0.3) is 0 Å². The summed E-state index contributed by atoms with van der Waals surface area (Å²) in [4.78, 5) is 11.9. The van der Waals surface area contributed by atoms with E-state index in [9.17, 15) is 18.0 Å². The van der Waals surface area contributed by atoms with Crippen molar-refractivity contribution in [3.63, 3.8) is 0 Å². The molecule has 5 nitrogen and oxygen atoms in total. The third-order valence-corrected chi connectivity index (χ3v) is 2.82. The van der Waals surface area contributed by atoms with Crippen LogP contribution in [-0.4, -0.2) is 30.9 Å². The Bertz CT molecular complexity index is 493. The molecule has 1 saturated heterocycles. The van der Waals surface area contributed by atoms with Crippen molar-refractivity contribution in [2.24, 2.45) is 5.73 Å². The van der Waals surface area contributed by atoms with Crippen LogP contribution in [0.4, 0.5) is 18.9 Å². The van der Waals surface area contributed by atoms with E-state index in [1.165, 1.54) is 12.1 Å². The van der Waals surface area contributed by atoms with Gasteiger partial charge in [0.05, 0.1) is 6.04 Å². The number of nitrogens with one attached hydrogen (secondary N) is 2. The highest BCUT2D eigenvalue weighted by molar-refractivity contribution is 5.95. The molecule has 1 amide bonds. The van der Waals surface area contributed by atoms with Crippen LogP contribution < -0.4 is 21.1 Å². The van der Waals surface area contributed by atoms with Crippen LogP contribution in [0.25, 0.3) is 0 Å². The van der Waals surface area contributed by atoms with Gasteiger partial charge in [0.2, 0.25) is 5.91 Å². The lowest BCUT2D eigenvalue weighted by Crippen LogP contribution is -2.35. The largest absolute Gasteiger partial charge is 0.573 e. The molecule has 110 valence electrons. The number of ether oxygens (including phenoxy) is 1. The molecule has 2 rings (SSSR count). The van der Waals surface area contributed by atoms with Crippen molar-refractivity contribution in [1.29, 1.82) is 0 Å². The molecule has 4 N–H and O–H groups in total. The van der Waals surface area contributed by atoms with E-state index in [1.54, 1.807) is 0 Å². The maximum atomic E-state index is 12.1. The van der Waals surface area contributed by atoms with Gasteiger partial charge >= 0.3 is 6.36 Å². The van der Waals surface area contributed by atoms with E-state index in [1.807, 2.05) is 0 Å². The minimum atomic E-state index is -4.76. The number of hydrogen-bond acceptors (Lipinski definition) is 4. The lowest BCUT2D eigenvalue weighted by Gasteiger charge is -2.13. The maximum Gasteiger partial charge on any atom is 0.573 e. The summed E-state index contributed by atoms with van der Waals surface area (Å²) in [5.74, 6) is -0.714. The normalized spacial score (nSPS) is 22.6. The SMILES string of the molecule is N[C@@H]1CN[C@H](C(=O)Nc2cccc(OC(F)(F)F)c2)C1. The number of anilines is 1. The van der Waals surface area contributed by atoms with Crippen LogP contribution in [0.1, 0.15) is 6.42 Å². The number of benzene rings is 1. The van der Waals surface area contributed by atoms with Gasteiger partial charge in [0.15, 0.2) is 0 Å². The topological polar surface area (TPSA) is 76.4 Å². The first-order valence-corrected chi connectivity index (χ1v) is 5.99. The first-order valence-electron chi connectivity index (χ1n) is 5.99. The second-order valence-corrected chi connectivity index (χ2v) is 4.52. The van der Waals surface area contributed by atoms with Gasteiger partial charge in [-0.1, -0.05) is 6.07 Å². The van der Waals surface area contributed by atoms with Crippen molar-refractivity contribution < 1.29 is 22.7 Å². The Hall–Kier alpha value is -1.80. The van der Waals surface area contributed by atoms with Crippen LogP contribution in [-0.2, 0) is 4.79 Å². The summed E-state index contributed by atoms with van der Waals surface area (Å²) in [6, 6.07) is 4.59. The van der Waals surface area contributed by atoms with Crippen LogP contribution in [0.2, 0.25) is 0 Å². The first-order chi connectivity index (χ1) is 9.33. The maximum absolute atomic E-state index is 12.1. The van der Waals surface area contributed by atoms with Crippen LogP contribution in [0, 0.1) is 0 Å². The molecule has 1 aliphatic heterocycles. The molecule has 0 aliphatic carbocycles. The summed E-state index contributed by atoms with van der Waals surface area (Å²) in [6.45, 7) is 0.537. The highest BCUT2D eigenvalue weighted by atomic mass is 19.4. The molecule has 0 spiro atoms. The van der Waals surface area contributed by atoms with E-state index in [0.717, 1.165) is 12.1 Å². The number of rotatable bonds is 3. The molecule has 0 unspecified atom stereocenters. The van der Waals surface area contributed by atoms with Crippen molar-refractivity contribution in [2.75, 3.05) is 11.9 Å². The number of carbonyl (C=O) groups is 1. The molecule has 1 aromatic carbocycles. The predicted octanol–water partition coefficient (Wildman–Crippen LogP) is 1.21. The lowest BCUT2D eigenvalue weighted by molar-refractivity contribution is -0.274. The van der Waals surface area contributed by atoms with Gasteiger partial charge in [-0.25, -0.2) is 0 Å². The molecule has 20 heavy (non-hydrogen) atoms. The molecule has 0 radical (unpaired) electrons. The first kappa shape index (κ1) is 14.6. The second-order valence-electron chi connectivity index (χ2n) is 4.52. The summed E-state index contributed by atoms with van der Waals surface area (Å²) in [5.41, 5.74) is 5.90. The zero-order chi connectivity index (χ0) is 14.8. The van der Waals surface area contributed by atoms with Gasteiger partial charge in [-0.15, -0.1) is 13.2 Å². The zero-order valence-corrected chi connectivity index (χ0v) is 10.4. The molecule has 1 aliphatic rings. The Morgan fingerprint density at radius 2 is 2.20 bits per heavy atom. The minimum Gasteiger partial charge on any atom is -0.406 e. The molecular formula is C12H14F3N3O2. The van der Waals surface area contributed by atoms with Gasteiger partial charge in [-0.2, -0.15) is 0 Å². The Kier molecular flexibility index (Phi) is 4.15. The minimum absolute atomic E-state index is 0.0920. The molecule has 1 heterocycles. The van der Waals surface area contributed by atoms with E-state index in [-0.39, 0.29) is 23.4 Å². The molecular weight excluding hydrogens is 275 g/mol. The summed E-state index contributed by atoms with van der Waals surface area (Å²) in [7, 11) is 0. The Labute approximate surface area is 113 Å². The predicted molar refractivity (Wildman–Crippen MR) is 66.1 cm³/mol. The van der Waals surface area contributed by atoms with Crippen LogP contribution in [0.3, 0.4) is 0 Å². The summed E-state index contributed by atoms with van der Waals surface area (Å²) in [5, 5.41) is 5.46. The molecule has 1 fully saturated rings. The van der Waals surface area contributed by atoms with Crippen molar-refractivity contribution in [3.05, 3.63) is 24.3 Å². The number of nitrogens with two attached hydrogens (primary N) is 1. The molecule has 1 aromatic rings. The van der Waals surface area contributed by atoms with E-state index in [0.29, 0.717) is 13.0 Å². The van der Waals surface area contributed by atoms with Crippen LogP contribution >= 0.6 is 0 Å². The quantitative estimate of drug-likeness (QED) is 0.782. The van der Waals surface area contributed by atoms with E-state index in [2.05, 4.69) is 15.4 Å². The summed E-state index contributed by atoms with van der Waals surface area (Å²) >= 11 is 0. The van der Waals surface area contributed by atoms with Crippen molar-refractivity contribution in [2.45, 2.75) is 24.9 Å². The standard InChI is InChI=1S/C12H14F3N3O2/c13-12(14,15)20-9-3-1-2-8(5-9)18-11(19)10-4-7(16)6-17-10/h1-3,5,7,10,17H,4,6,16H2,(H,18,19)/t7-,10-/m0/s1. The summed E-state index contributed by atoms with van der Waals surface area (Å²) < 4.78 is 40.1. The van der Waals surface area contributed by atoms with Gasteiger partial charge < -0.3 is 21.1 Å².